The van der Waals surface area contributed by atoms with E-state index in [0.717, 1.165) is 0 Å². The zero-order valence-corrected chi connectivity index (χ0v) is 4.20. The van der Waals surface area contributed by atoms with Gasteiger partial charge < -0.3 is 0 Å². The van der Waals surface area contributed by atoms with Gasteiger partial charge in [-0.1, -0.05) is 0 Å². The third-order valence-corrected chi connectivity index (χ3v) is 0.932. The third-order valence-electron chi connectivity index (χ3n) is 0.0345. The zero-order chi connectivity index (χ0) is 3.41. The predicted octanol–water partition coefficient (Wildman–Crippen LogP) is 1.05. The van der Waals surface area contributed by atoms with E-state index in [0.29, 0.717) is 7.51 Å². The molecule has 1 nitrogen and oxygen atoms in total. The van der Waals surface area contributed by atoms with Crippen LogP contribution in [-0.4, -0.2) is 0 Å². The van der Waals surface area contributed by atoms with Crippen molar-refractivity contribution in [3.63, 3.8) is 0 Å². The number of rotatable bonds is 1. The lowest BCUT2D eigenvalue weighted by Gasteiger charge is -1.57. The minimum Gasteiger partial charge on any atom is -0.174 e. The van der Waals surface area contributed by atoms with E-state index in [1.165, 1.54) is 0 Å². The van der Waals surface area contributed by atoms with Gasteiger partial charge in [-0.15, -0.1) is 0 Å². The predicted molar refractivity (Wildman–Crippen MR) is 23.3 cm³/mol. The van der Waals surface area contributed by atoms with Gasteiger partial charge in [0.2, 0.25) is 0 Å². The van der Waals surface area contributed by atoms with E-state index < -0.39 is 0 Å². The van der Waals surface area contributed by atoms with Crippen molar-refractivity contribution in [1.29, 1.82) is 0 Å². The van der Waals surface area contributed by atoms with Gasteiger partial charge in [-0.2, -0.15) is 4.61 Å². The molecule has 0 aliphatic heterocycles. The van der Waals surface area contributed by atoms with Crippen LogP contribution in [-0.2, 0) is 11.8 Å². The number of hydrogen-bond acceptors (Lipinski definition) is 1. The summed E-state index contributed by atoms with van der Waals surface area (Å²) >= 11 is 9.10. The fraction of sp³-hybridized carbons (Fsp3) is 0. The molecule has 0 unspecified atom stereocenters. The maximum Gasteiger partial charge on any atom is 0.0741 e. The van der Waals surface area contributed by atoms with E-state index in [1.54, 1.807) is 0 Å². The second kappa shape index (κ2) is 3.77. The fourth-order valence-corrected chi connectivity index (χ4v) is 0. The standard InChI is InChI=1S/ClHNPS/c1-2-3-4/h(H,2,4). The summed E-state index contributed by atoms with van der Waals surface area (Å²) in [5.74, 6) is 0. The van der Waals surface area contributed by atoms with Crippen LogP contribution in [0.3, 0.4) is 0 Å². The topological polar surface area (TPSA) is 12.0 Å². The molecule has 0 bridgehead atoms. The Kier molecular flexibility index (Phi) is 4.50. The Hall–Kier alpha value is 0.770. The highest BCUT2D eigenvalue weighted by Crippen LogP contribution is 1.78. The molecule has 0 aliphatic rings. The van der Waals surface area contributed by atoms with Crippen molar-refractivity contribution in [3.8, 4) is 0 Å². The summed E-state index contributed by atoms with van der Waals surface area (Å²) in [6, 6.07) is 0. The molecule has 0 aromatic rings. The van der Waals surface area contributed by atoms with E-state index in [-0.39, 0.29) is 0 Å². The number of hydrogen-bond donors (Lipinski definition) is 1. The van der Waals surface area contributed by atoms with E-state index in [2.05, 4.69) is 16.4 Å². The SMILES string of the molecule is S=PNCl. The Morgan fingerprint density at radius 2 is 2.25 bits per heavy atom. The Morgan fingerprint density at radius 3 is 2.25 bits per heavy atom. The first kappa shape index (κ1) is 4.77. The van der Waals surface area contributed by atoms with Gasteiger partial charge in [0.25, 0.3) is 0 Å². The highest BCUT2D eigenvalue weighted by atomic mass is 35.5. The van der Waals surface area contributed by atoms with Gasteiger partial charge in [0.05, 0.1) is 7.51 Å². The Morgan fingerprint density at radius 1 is 2.00 bits per heavy atom. The summed E-state index contributed by atoms with van der Waals surface area (Å²) in [5, 5.41) is 0. The van der Waals surface area contributed by atoms with Gasteiger partial charge in [0.15, 0.2) is 0 Å². The third kappa shape index (κ3) is 2.77. The molecule has 0 fully saturated rings. The summed E-state index contributed by atoms with van der Waals surface area (Å²) in [6.07, 6.45) is 0. The van der Waals surface area contributed by atoms with Crippen LogP contribution in [0.5, 0.6) is 0 Å². The van der Waals surface area contributed by atoms with Crippen molar-refractivity contribution >= 4 is 31.1 Å². The van der Waals surface area contributed by atoms with Crippen molar-refractivity contribution in [2.45, 2.75) is 0 Å². The minimum absolute atomic E-state index is 0.597. The largest absolute Gasteiger partial charge is 0.174 e. The highest BCUT2D eigenvalue weighted by molar-refractivity contribution is 7.96. The minimum atomic E-state index is 0.597. The molecule has 0 saturated heterocycles. The van der Waals surface area contributed by atoms with Gasteiger partial charge in [0.1, 0.15) is 0 Å². The van der Waals surface area contributed by atoms with E-state index in [9.17, 15) is 0 Å². The highest BCUT2D eigenvalue weighted by Gasteiger charge is 1.46. The first-order chi connectivity index (χ1) is 1.91. The Bertz CT molecular complexity index is 22.0. The van der Waals surface area contributed by atoms with Crippen molar-refractivity contribution in [3.05, 3.63) is 0 Å². The molecule has 0 aromatic carbocycles. The average Bonchev–Trinajstić information content (AvgIpc) is 1.37. The summed E-state index contributed by atoms with van der Waals surface area (Å²) in [5.41, 5.74) is 0. The monoisotopic (exact) mass is 113 g/mol. The quantitative estimate of drug-likeness (QED) is 0.403. The summed E-state index contributed by atoms with van der Waals surface area (Å²) in [6.45, 7) is 0. The van der Waals surface area contributed by atoms with E-state index >= 15 is 0 Å². The molecular formula is HClNPS. The van der Waals surface area contributed by atoms with E-state index in [1.807, 2.05) is 0 Å². The van der Waals surface area contributed by atoms with Crippen LogP contribution in [0.25, 0.3) is 0 Å². The molecule has 0 atom stereocenters. The van der Waals surface area contributed by atoms with Crippen molar-refractivity contribution in [2.24, 2.45) is 0 Å². The molecule has 0 spiro atoms. The molecule has 0 rings (SSSR count). The van der Waals surface area contributed by atoms with Crippen molar-refractivity contribution in [1.82, 2.24) is 4.61 Å². The molecule has 0 heterocycles. The van der Waals surface area contributed by atoms with Gasteiger partial charge in [-0.3, -0.25) is 0 Å². The lowest BCUT2D eigenvalue weighted by Crippen LogP contribution is -1.61. The van der Waals surface area contributed by atoms with Crippen LogP contribution in [0, 0.1) is 0 Å². The molecule has 4 heteroatoms. The zero-order valence-electron chi connectivity index (χ0n) is 1.73. The second-order valence-electron chi connectivity index (χ2n) is 0.176. The second-order valence-corrected chi connectivity index (χ2v) is 1.58. The molecule has 1 N–H and O–H groups in total. The van der Waals surface area contributed by atoms with Gasteiger partial charge >= 0.3 is 0 Å². The van der Waals surface area contributed by atoms with Crippen molar-refractivity contribution in [2.75, 3.05) is 0 Å². The van der Waals surface area contributed by atoms with Crippen LogP contribution in [0.1, 0.15) is 0 Å². The van der Waals surface area contributed by atoms with Gasteiger partial charge in [-0.25, -0.2) is 0 Å². The average molecular weight is 114 g/mol. The van der Waals surface area contributed by atoms with E-state index in [4.69, 9.17) is 11.8 Å². The van der Waals surface area contributed by atoms with Crippen LogP contribution in [0.2, 0.25) is 0 Å². The molecule has 0 aromatic heterocycles. The van der Waals surface area contributed by atoms with Gasteiger partial charge in [-0.05, 0) is 23.6 Å². The molecule has 24 valence electrons. The molecular weight excluding hydrogens is 113 g/mol. The van der Waals surface area contributed by atoms with Crippen LogP contribution in [0.4, 0.5) is 0 Å². The molecule has 0 radical (unpaired) electrons. The van der Waals surface area contributed by atoms with Crippen LogP contribution >= 0.6 is 19.3 Å². The smallest absolute Gasteiger partial charge is 0.0741 e. The normalized spacial score (nSPS) is 8.25. The first-order valence-corrected chi connectivity index (χ1v) is 2.88. The molecule has 4 heavy (non-hydrogen) atoms. The van der Waals surface area contributed by atoms with Gasteiger partial charge in [0, 0.05) is 0 Å². The Balaban J connectivity index is 2.30. The maximum atomic E-state index is 4.82. The van der Waals surface area contributed by atoms with Crippen molar-refractivity contribution < 1.29 is 0 Å². The fourth-order valence-electron chi connectivity index (χ4n) is 0. The summed E-state index contributed by atoms with van der Waals surface area (Å²) in [7, 11) is 0.597. The molecule has 0 amide bonds. The summed E-state index contributed by atoms with van der Waals surface area (Å²) < 4.78 is 2.19. The number of halogens is 1. The van der Waals surface area contributed by atoms with Crippen LogP contribution < -0.4 is 4.61 Å². The molecule has 0 saturated carbocycles. The van der Waals surface area contributed by atoms with Crippen LogP contribution in [0.15, 0.2) is 0 Å². The number of nitrogens with one attached hydrogen (secondary N) is 1. The lowest BCUT2D eigenvalue weighted by molar-refractivity contribution is 1.73. The Labute approximate surface area is 36.3 Å². The maximum absolute atomic E-state index is 4.82. The summed E-state index contributed by atoms with van der Waals surface area (Å²) in [4.78, 5) is 0. The molecule has 0 aliphatic carbocycles. The first-order valence-electron chi connectivity index (χ1n) is 0.595. The lowest BCUT2D eigenvalue weighted by atomic mass is 13.9.